The van der Waals surface area contributed by atoms with Crippen molar-refractivity contribution in [1.29, 1.82) is 0 Å². The largest absolute Gasteiger partial charge is 0.543 e. The van der Waals surface area contributed by atoms with Gasteiger partial charge in [0, 0.05) is 24.5 Å². The van der Waals surface area contributed by atoms with Crippen molar-refractivity contribution in [2.75, 3.05) is 0 Å². The Bertz CT molecular complexity index is 618. The summed E-state index contributed by atoms with van der Waals surface area (Å²) >= 11 is 0. The zero-order valence-electron chi connectivity index (χ0n) is 13.1. The number of aromatic nitrogens is 1. The van der Waals surface area contributed by atoms with Crippen LogP contribution in [-0.2, 0) is 6.42 Å². The molecule has 0 spiro atoms. The van der Waals surface area contributed by atoms with E-state index in [1.165, 1.54) is 0 Å². The van der Waals surface area contributed by atoms with Crippen molar-refractivity contribution in [3.8, 4) is 5.75 Å². The van der Waals surface area contributed by atoms with Crippen molar-refractivity contribution in [1.82, 2.24) is 4.98 Å². The summed E-state index contributed by atoms with van der Waals surface area (Å²) in [7, 11) is -1.64. The standard InChI is InChI=1S/C17H22N2OSi/c1-14-8-7-10-16(20-21(2,3)4)17(14)19-13-11-15-9-5-6-12-18-15/h5-10,12-13H,11H2,1-4H3. The topological polar surface area (TPSA) is 34.5 Å². The maximum atomic E-state index is 6.13. The van der Waals surface area contributed by atoms with E-state index in [9.17, 15) is 0 Å². The summed E-state index contributed by atoms with van der Waals surface area (Å²) < 4.78 is 6.13. The second-order valence-electron chi connectivity index (χ2n) is 5.97. The Balaban J connectivity index is 2.19. The lowest BCUT2D eigenvalue weighted by molar-refractivity contribution is 0.558. The molecule has 0 aliphatic rings. The molecule has 0 fully saturated rings. The van der Waals surface area contributed by atoms with Crippen molar-refractivity contribution in [2.45, 2.75) is 33.0 Å². The summed E-state index contributed by atoms with van der Waals surface area (Å²) in [5.41, 5.74) is 3.07. The normalized spacial score (nSPS) is 11.8. The average molecular weight is 298 g/mol. The van der Waals surface area contributed by atoms with Gasteiger partial charge in [-0.2, -0.15) is 0 Å². The van der Waals surface area contributed by atoms with E-state index in [0.29, 0.717) is 0 Å². The monoisotopic (exact) mass is 298 g/mol. The molecule has 0 aliphatic heterocycles. The first-order chi connectivity index (χ1) is 9.96. The molecular weight excluding hydrogens is 276 g/mol. The van der Waals surface area contributed by atoms with Crippen LogP contribution in [0, 0.1) is 6.92 Å². The molecule has 1 aromatic heterocycles. The molecule has 0 saturated carbocycles. The minimum Gasteiger partial charge on any atom is -0.543 e. The van der Waals surface area contributed by atoms with Gasteiger partial charge in [0.2, 0.25) is 8.32 Å². The van der Waals surface area contributed by atoms with Crippen LogP contribution in [-0.4, -0.2) is 19.5 Å². The third-order valence-electron chi connectivity index (χ3n) is 2.86. The van der Waals surface area contributed by atoms with Gasteiger partial charge in [-0.3, -0.25) is 9.98 Å². The van der Waals surface area contributed by atoms with Crippen molar-refractivity contribution in [2.24, 2.45) is 4.99 Å². The first kappa shape index (κ1) is 15.4. The molecule has 0 atom stereocenters. The Morgan fingerprint density at radius 3 is 2.62 bits per heavy atom. The molecular formula is C17H22N2OSi. The number of para-hydroxylation sites is 1. The number of nitrogens with zero attached hydrogens (tertiary/aromatic N) is 2. The van der Waals surface area contributed by atoms with Gasteiger partial charge in [-0.05, 0) is 50.3 Å². The zero-order chi connectivity index (χ0) is 15.3. The van der Waals surface area contributed by atoms with Gasteiger partial charge in [0.1, 0.15) is 11.4 Å². The van der Waals surface area contributed by atoms with Crippen molar-refractivity contribution in [3.63, 3.8) is 0 Å². The van der Waals surface area contributed by atoms with Crippen molar-refractivity contribution in [3.05, 3.63) is 53.9 Å². The van der Waals surface area contributed by atoms with Crippen molar-refractivity contribution >= 4 is 20.2 Å². The Hall–Kier alpha value is -1.94. The first-order valence-electron chi connectivity index (χ1n) is 7.17. The lowest BCUT2D eigenvalue weighted by Crippen LogP contribution is -2.29. The van der Waals surface area contributed by atoms with E-state index >= 15 is 0 Å². The van der Waals surface area contributed by atoms with Gasteiger partial charge >= 0.3 is 0 Å². The van der Waals surface area contributed by atoms with Gasteiger partial charge in [0.25, 0.3) is 0 Å². The summed E-state index contributed by atoms with van der Waals surface area (Å²) in [6.45, 7) is 8.59. The van der Waals surface area contributed by atoms with Crippen LogP contribution in [0.2, 0.25) is 19.6 Å². The molecule has 2 aromatic rings. The second-order valence-corrected chi connectivity index (χ2v) is 10.4. The molecule has 0 saturated heterocycles. The van der Waals surface area contributed by atoms with Gasteiger partial charge in [0.15, 0.2) is 0 Å². The smallest absolute Gasteiger partial charge is 0.242 e. The van der Waals surface area contributed by atoms with Gasteiger partial charge in [0.05, 0.1) is 0 Å². The van der Waals surface area contributed by atoms with Crippen molar-refractivity contribution < 1.29 is 4.43 Å². The summed E-state index contributed by atoms with van der Waals surface area (Å²) in [4.78, 5) is 8.92. The molecule has 0 aliphatic carbocycles. The third kappa shape index (κ3) is 4.83. The fraction of sp³-hybridized carbons (Fsp3) is 0.294. The van der Waals surface area contributed by atoms with Crippen LogP contribution >= 0.6 is 0 Å². The molecule has 2 rings (SSSR count). The number of hydrogen-bond donors (Lipinski definition) is 0. The number of rotatable bonds is 5. The number of aliphatic imine (C=N–C) groups is 1. The number of hydrogen-bond acceptors (Lipinski definition) is 3. The molecule has 21 heavy (non-hydrogen) atoms. The summed E-state index contributed by atoms with van der Waals surface area (Å²) in [6, 6.07) is 12.0. The fourth-order valence-corrected chi connectivity index (χ4v) is 2.78. The molecule has 3 nitrogen and oxygen atoms in total. The van der Waals surface area contributed by atoms with Crippen LogP contribution in [0.3, 0.4) is 0 Å². The third-order valence-corrected chi connectivity index (χ3v) is 3.70. The summed E-state index contributed by atoms with van der Waals surface area (Å²) in [5.74, 6) is 0.881. The molecule has 0 radical (unpaired) electrons. The Morgan fingerprint density at radius 1 is 1.14 bits per heavy atom. The van der Waals surface area contributed by atoms with E-state index in [4.69, 9.17) is 4.43 Å². The highest BCUT2D eigenvalue weighted by molar-refractivity contribution is 6.70. The maximum absolute atomic E-state index is 6.13. The fourth-order valence-electron chi connectivity index (χ4n) is 1.96. The maximum Gasteiger partial charge on any atom is 0.242 e. The molecule has 110 valence electrons. The first-order valence-corrected chi connectivity index (χ1v) is 10.6. The van der Waals surface area contributed by atoms with E-state index in [1.54, 1.807) is 6.20 Å². The molecule has 0 amide bonds. The summed E-state index contributed by atoms with van der Waals surface area (Å²) in [6.07, 6.45) is 4.43. The van der Waals surface area contributed by atoms with Gasteiger partial charge in [-0.15, -0.1) is 0 Å². The molecule has 0 N–H and O–H groups in total. The second kappa shape index (κ2) is 6.67. The highest BCUT2D eigenvalue weighted by atomic mass is 28.4. The lowest BCUT2D eigenvalue weighted by atomic mass is 10.2. The van der Waals surface area contributed by atoms with Crippen LogP contribution in [0.15, 0.2) is 47.6 Å². The van der Waals surface area contributed by atoms with E-state index < -0.39 is 8.32 Å². The quantitative estimate of drug-likeness (QED) is 0.599. The van der Waals surface area contributed by atoms with Gasteiger partial charge in [-0.25, -0.2) is 0 Å². The van der Waals surface area contributed by atoms with Crippen LogP contribution < -0.4 is 4.43 Å². The molecule has 0 bridgehead atoms. The number of benzene rings is 1. The Morgan fingerprint density at radius 2 is 1.95 bits per heavy atom. The SMILES string of the molecule is Cc1cccc(O[Si](C)(C)C)c1N=CCc1ccccn1. The van der Waals surface area contributed by atoms with Crippen LogP contribution in [0.25, 0.3) is 0 Å². The Labute approximate surface area is 127 Å². The van der Waals surface area contributed by atoms with E-state index in [2.05, 4.69) is 42.6 Å². The molecule has 0 unspecified atom stereocenters. The minimum atomic E-state index is -1.64. The van der Waals surface area contributed by atoms with Crippen LogP contribution in [0.4, 0.5) is 5.69 Å². The highest BCUT2D eigenvalue weighted by Gasteiger charge is 2.18. The predicted molar refractivity (Wildman–Crippen MR) is 91.2 cm³/mol. The highest BCUT2D eigenvalue weighted by Crippen LogP contribution is 2.32. The number of pyridine rings is 1. The van der Waals surface area contributed by atoms with Crippen LogP contribution in [0.1, 0.15) is 11.3 Å². The molecule has 1 aromatic carbocycles. The average Bonchev–Trinajstić information content (AvgIpc) is 2.41. The van der Waals surface area contributed by atoms with Gasteiger partial charge in [-0.1, -0.05) is 18.2 Å². The number of aryl methyl sites for hydroxylation is 1. The Kier molecular flexibility index (Phi) is 4.91. The van der Waals surface area contributed by atoms with Gasteiger partial charge < -0.3 is 4.43 Å². The van der Waals surface area contributed by atoms with E-state index in [-0.39, 0.29) is 0 Å². The summed E-state index contributed by atoms with van der Waals surface area (Å²) in [5, 5.41) is 0. The molecule has 1 heterocycles. The zero-order valence-corrected chi connectivity index (χ0v) is 14.1. The molecule has 4 heteroatoms. The lowest BCUT2D eigenvalue weighted by Gasteiger charge is -2.21. The minimum absolute atomic E-state index is 0.724. The van der Waals surface area contributed by atoms with E-state index in [1.807, 2.05) is 36.5 Å². The van der Waals surface area contributed by atoms with E-state index in [0.717, 1.165) is 29.1 Å². The van der Waals surface area contributed by atoms with Crippen LogP contribution in [0.5, 0.6) is 5.75 Å². The predicted octanol–water partition coefficient (Wildman–Crippen LogP) is 4.55.